The molecule has 1 aromatic carbocycles. The zero-order valence-corrected chi connectivity index (χ0v) is 13.4. The quantitative estimate of drug-likeness (QED) is 0.840. The van der Waals surface area contributed by atoms with Crippen LogP contribution in [0.15, 0.2) is 12.1 Å². The van der Waals surface area contributed by atoms with E-state index >= 15 is 0 Å². The topological polar surface area (TPSA) is 63.6 Å². The van der Waals surface area contributed by atoms with Crippen molar-refractivity contribution >= 4 is 11.9 Å². The summed E-state index contributed by atoms with van der Waals surface area (Å²) in [6.45, 7) is 10.1. The Morgan fingerprint density at radius 2 is 1.81 bits per heavy atom. The van der Waals surface area contributed by atoms with Crippen LogP contribution in [0.5, 0.6) is 0 Å². The molecule has 0 aromatic heterocycles. The zero-order valence-electron chi connectivity index (χ0n) is 13.4. The lowest BCUT2D eigenvalue weighted by Gasteiger charge is -2.23. The van der Waals surface area contributed by atoms with Crippen LogP contribution < -0.4 is 0 Å². The van der Waals surface area contributed by atoms with Crippen molar-refractivity contribution in [3.05, 3.63) is 34.4 Å². The molecule has 21 heavy (non-hydrogen) atoms. The van der Waals surface area contributed by atoms with E-state index in [9.17, 15) is 14.7 Å². The van der Waals surface area contributed by atoms with Crippen LogP contribution in [0.4, 0.5) is 0 Å². The van der Waals surface area contributed by atoms with Gasteiger partial charge in [-0.1, -0.05) is 33.8 Å². The number of hydrogen-bond donors (Lipinski definition) is 1. The summed E-state index contributed by atoms with van der Waals surface area (Å²) in [6, 6.07) is 3.40. The Kier molecular flexibility index (Phi) is 5.53. The lowest BCUT2D eigenvalue weighted by Crippen LogP contribution is -2.19. The summed E-state index contributed by atoms with van der Waals surface area (Å²) in [4.78, 5) is 23.7. The fraction of sp³-hybridized carbons (Fsp3) is 0.529. The van der Waals surface area contributed by atoms with Crippen molar-refractivity contribution in [3.8, 4) is 0 Å². The highest BCUT2D eigenvalue weighted by atomic mass is 16.5. The van der Waals surface area contributed by atoms with Gasteiger partial charge in [-0.15, -0.1) is 0 Å². The van der Waals surface area contributed by atoms with Crippen molar-refractivity contribution in [1.29, 1.82) is 0 Å². The van der Waals surface area contributed by atoms with Crippen LogP contribution in [-0.4, -0.2) is 23.7 Å². The van der Waals surface area contributed by atoms with E-state index in [-0.39, 0.29) is 23.1 Å². The lowest BCUT2D eigenvalue weighted by atomic mass is 9.82. The predicted molar refractivity (Wildman–Crippen MR) is 81.9 cm³/mol. The summed E-state index contributed by atoms with van der Waals surface area (Å²) in [5.41, 5.74) is 1.86. The zero-order chi connectivity index (χ0) is 16.2. The van der Waals surface area contributed by atoms with Crippen molar-refractivity contribution in [2.24, 2.45) is 5.41 Å². The van der Waals surface area contributed by atoms with Gasteiger partial charge in [0.05, 0.1) is 17.7 Å². The summed E-state index contributed by atoms with van der Waals surface area (Å²) in [5, 5.41) is 9.57. The third kappa shape index (κ3) is 4.31. The van der Waals surface area contributed by atoms with Crippen LogP contribution in [0.2, 0.25) is 0 Å². The molecule has 0 fully saturated rings. The molecule has 0 unspecified atom stereocenters. The van der Waals surface area contributed by atoms with Gasteiger partial charge in [-0.05, 0) is 42.4 Å². The van der Waals surface area contributed by atoms with Gasteiger partial charge < -0.3 is 9.84 Å². The van der Waals surface area contributed by atoms with Crippen molar-refractivity contribution in [3.63, 3.8) is 0 Å². The standard InChI is InChI=1S/C17H24O4/c1-6-11-8-9-12(16(20)21-7-2)14(15(18)19)13(11)10-17(3,4)5/h8-9H,6-7,10H2,1-5H3,(H,18,19). The molecule has 1 aromatic rings. The average Bonchev–Trinajstić information content (AvgIpc) is 2.36. The molecule has 0 spiro atoms. The molecule has 0 aliphatic carbocycles. The number of aromatic carboxylic acids is 1. The molecule has 116 valence electrons. The van der Waals surface area contributed by atoms with Gasteiger partial charge in [0, 0.05) is 0 Å². The van der Waals surface area contributed by atoms with Gasteiger partial charge in [-0.25, -0.2) is 9.59 Å². The molecule has 0 aliphatic heterocycles. The van der Waals surface area contributed by atoms with Crippen LogP contribution in [0.25, 0.3) is 0 Å². The first kappa shape index (κ1) is 17.2. The molecule has 0 bridgehead atoms. The summed E-state index contributed by atoms with van der Waals surface area (Å²) < 4.78 is 4.98. The van der Waals surface area contributed by atoms with Gasteiger partial charge in [0.2, 0.25) is 0 Å². The number of rotatable bonds is 5. The van der Waals surface area contributed by atoms with E-state index in [1.54, 1.807) is 13.0 Å². The Labute approximate surface area is 126 Å². The van der Waals surface area contributed by atoms with Gasteiger partial charge in [0.25, 0.3) is 0 Å². The van der Waals surface area contributed by atoms with E-state index in [1.807, 2.05) is 13.0 Å². The predicted octanol–water partition coefficient (Wildman–Crippen LogP) is 3.71. The van der Waals surface area contributed by atoms with Crippen LogP contribution in [0, 0.1) is 5.41 Å². The third-order valence-electron chi connectivity index (χ3n) is 3.21. The SMILES string of the molecule is CCOC(=O)c1ccc(CC)c(CC(C)(C)C)c1C(=O)O. The number of benzene rings is 1. The number of carbonyl (C=O) groups is 2. The van der Waals surface area contributed by atoms with Crippen LogP contribution in [0.3, 0.4) is 0 Å². The van der Waals surface area contributed by atoms with E-state index in [1.165, 1.54) is 0 Å². The Morgan fingerprint density at radius 3 is 2.24 bits per heavy atom. The van der Waals surface area contributed by atoms with Gasteiger partial charge in [0.15, 0.2) is 0 Å². The van der Waals surface area contributed by atoms with E-state index in [2.05, 4.69) is 20.8 Å². The van der Waals surface area contributed by atoms with Crippen molar-refractivity contribution < 1.29 is 19.4 Å². The number of aryl methyl sites for hydroxylation is 1. The number of carboxylic acid groups (broad SMARTS) is 1. The van der Waals surface area contributed by atoms with Crippen LogP contribution in [-0.2, 0) is 17.6 Å². The molecule has 4 nitrogen and oxygen atoms in total. The molecule has 0 radical (unpaired) electrons. The molecule has 0 amide bonds. The Morgan fingerprint density at radius 1 is 1.19 bits per heavy atom. The number of esters is 1. The largest absolute Gasteiger partial charge is 0.478 e. The number of ether oxygens (including phenoxy) is 1. The van der Waals surface area contributed by atoms with E-state index in [0.29, 0.717) is 6.42 Å². The van der Waals surface area contributed by atoms with E-state index in [0.717, 1.165) is 17.5 Å². The second kappa shape index (κ2) is 6.74. The second-order valence-corrected chi connectivity index (χ2v) is 6.24. The maximum absolute atomic E-state index is 12.0. The van der Waals surface area contributed by atoms with Crippen molar-refractivity contribution in [1.82, 2.24) is 0 Å². The number of hydrogen-bond acceptors (Lipinski definition) is 3. The van der Waals surface area contributed by atoms with Gasteiger partial charge in [-0.2, -0.15) is 0 Å². The highest BCUT2D eigenvalue weighted by molar-refractivity contribution is 6.03. The molecule has 0 saturated carbocycles. The molecule has 0 aliphatic rings. The lowest BCUT2D eigenvalue weighted by molar-refractivity contribution is 0.0514. The molecule has 4 heteroatoms. The van der Waals surface area contributed by atoms with Crippen molar-refractivity contribution in [2.75, 3.05) is 6.61 Å². The maximum atomic E-state index is 12.0. The molecule has 0 atom stereocenters. The molecular weight excluding hydrogens is 268 g/mol. The minimum atomic E-state index is -1.08. The minimum Gasteiger partial charge on any atom is -0.478 e. The van der Waals surface area contributed by atoms with Crippen molar-refractivity contribution in [2.45, 2.75) is 47.5 Å². The van der Waals surface area contributed by atoms with Crippen LogP contribution >= 0.6 is 0 Å². The normalized spacial score (nSPS) is 11.3. The molecular formula is C17H24O4. The molecule has 0 heterocycles. The fourth-order valence-electron chi connectivity index (χ4n) is 2.38. The third-order valence-corrected chi connectivity index (χ3v) is 3.21. The van der Waals surface area contributed by atoms with E-state index < -0.39 is 11.9 Å². The monoisotopic (exact) mass is 292 g/mol. The summed E-state index contributed by atoms with van der Waals surface area (Å²) in [7, 11) is 0. The first-order valence-corrected chi connectivity index (χ1v) is 7.26. The molecule has 1 N–H and O–H groups in total. The summed E-state index contributed by atoms with van der Waals surface area (Å²) in [6.07, 6.45) is 1.33. The van der Waals surface area contributed by atoms with Crippen LogP contribution in [0.1, 0.15) is 66.5 Å². The highest BCUT2D eigenvalue weighted by Gasteiger charge is 2.26. The summed E-state index contributed by atoms with van der Waals surface area (Å²) in [5.74, 6) is -1.65. The van der Waals surface area contributed by atoms with Gasteiger partial charge >= 0.3 is 11.9 Å². The first-order chi connectivity index (χ1) is 9.71. The molecule has 0 saturated heterocycles. The minimum absolute atomic E-state index is 0.0681. The summed E-state index contributed by atoms with van der Waals surface area (Å²) >= 11 is 0. The average molecular weight is 292 g/mol. The second-order valence-electron chi connectivity index (χ2n) is 6.24. The Bertz CT molecular complexity index is 538. The fourth-order valence-corrected chi connectivity index (χ4v) is 2.38. The number of carboxylic acids is 1. The maximum Gasteiger partial charge on any atom is 0.339 e. The van der Waals surface area contributed by atoms with E-state index in [4.69, 9.17) is 4.74 Å². The highest BCUT2D eigenvalue weighted by Crippen LogP contribution is 2.29. The Hall–Kier alpha value is -1.84. The Balaban J connectivity index is 3.52. The number of carbonyl (C=O) groups excluding carboxylic acids is 1. The first-order valence-electron chi connectivity index (χ1n) is 7.26. The van der Waals surface area contributed by atoms with Gasteiger partial charge in [0.1, 0.15) is 0 Å². The van der Waals surface area contributed by atoms with Gasteiger partial charge in [-0.3, -0.25) is 0 Å². The molecule has 1 rings (SSSR count). The smallest absolute Gasteiger partial charge is 0.339 e.